The predicted molar refractivity (Wildman–Crippen MR) is 78.4 cm³/mol. The van der Waals surface area contributed by atoms with Crippen molar-refractivity contribution in [3.63, 3.8) is 0 Å². The van der Waals surface area contributed by atoms with Crippen LogP contribution in [-0.4, -0.2) is 22.3 Å². The lowest BCUT2D eigenvalue weighted by molar-refractivity contribution is -0.119. The molecule has 0 aliphatic heterocycles. The molecule has 0 saturated carbocycles. The molecule has 5 heteroatoms. The smallest absolute Gasteiger partial charge is 0.231 e. The van der Waals surface area contributed by atoms with Gasteiger partial charge < -0.3 is 11.5 Å². The van der Waals surface area contributed by atoms with Gasteiger partial charge in [-0.3, -0.25) is 14.7 Å². The van der Waals surface area contributed by atoms with Gasteiger partial charge in [-0.2, -0.15) is 0 Å². The van der Waals surface area contributed by atoms with Crippen LogP contribution in [0.1, 0.15) is 11.3 Å². The van der Waals surface area contributed by atoms with E-state index in [1.54, 1.807) is 6.20 Å². The summed E-state index contributed by atoms with van der Waals surface area (Å²) >= 11 is 0. The highest BCUT2D eigenvalue weighted by atomic mass is 16.1. The zero-order valence-electron chi connectivity index (χ0n) is 11.2. The molecule has 2 rings (SSSR count). The zero-order chi connectivity index (χ0) is 14.4. The first kappa shape index (κ1) is 14.0. The summed E-state index contributed by atoms with van der Waals surface area (Å²) in [6.07, 6.45) is 1.73. The van der Waals surface area contributed by atoms with Gasteiger partial charge in [0.2, 0.25) is 5.91 Å². The maximum atomic E-state index is 11.2. The second kappa shape index (κ2) is 6.68. The number of pyridine rings is 1. The maximum Gasteiger partial charge on any atom is 0.231 e. The molecule has 0 unspecified atom stereocenters. The van der Waals surface area contributed by atoms with E-state index in [4.69, 9.17) is 11.5 Å². The van der Waals surface area contributed by atoms with E-state index < -0.39 is 0 Å². The number of hydrogen-bond acceptors (Lipinski definition) is 4. The molecule has 4 N–H and O–H groups in total. The minimum atomic E-state index is -0.365. The molecule has 5 nitrogen and oxygen atoms in total. The number of primary amides is 1. The van der Waals surface area contributed by atoms with Crippen LogP contribution in [0.4, 0.5) is 5.69 Å². The van der Waals surface area contributed by atoms with Crippen molar-refractivity contribution in [1.82, 2.24) is 9.88 Å². The van der Waals surface area contributed by atoms with Crippen LogP contribution in [0.15, 0.2) is 48.7 Å². The third-order valence-corrected chi connectivity index (χ3v) is 2.94. The molecular formula is C15H18N4O. The number of rotatable bonds is 6. The molecule has 0 spiro atoms. The fourth-order valence-electron chi connectivity index (χ4n) is 2.03. The average Bonchev–Trinajstić information content (AvgIpc) is 2.42. The molecule has 1 amide bonds. The van der Waals surface area contributed by atoms with Gasteiger partial charge in [-0.05, 0) is 23.8 Å². The van der Waals surface area contributed by atoms with Crippen LogP contribution in [0.2, 0.25) is 0 Å². The third kappa shape index (κ3) is 4.07. The number of carbonyl (C=O) groups is 1. The first-order valence-electron chi connectivity index (χ1n) is 6.39. The molecule has 104 valence electrons. The standard InChI is InChI=1S/C15H18N4O/c16-14-7-2-1-5-12(14)9-19(11-15(17)20)10-13-6-3-4-8-18-13/h1-8H,9-11,16H2,(H2,17,20). The van der Waals surface area contributed by atoms with Crippen molar-refractivity contribution in [3.05, 3.63) is 59.9 Å². The van der Waals surface area contributed by atoms with Crippen LogP contribution in [0.25, 0.3) is 0 Å². The largest absolute Gasteiger partial charge is 0.398 e. The van der Waals surface area contributed by atoms with Gasteiger partial charge in [-0.1, -0.05) is 24.3 Å². The Bertz CT molecular complexity index is 571. The van der Waals surface area contributed by atoms with E-state index >= 15 is 0 Å². The minimum absolute atomic E-state index is 0.172. The summed E-state index contributed by atoms with van der Waals surface area (Å²) in [5.41, 5.74) is 13.8. The summed E-state index contributed by atoms with van der Waals surface area (Å²) in [6.45, 7) is 1.29. The number of nitrogens with two attached hydrogens (primary N) is 2. The molecule has 0 saturated heterocycles. The Morgan fingerprint density at radius 3 is 2.50 bits per heavy atom. The lowest BCUT2D eigenvalue weighted by Gasteiger charge is -2.21. The van der Waals surface area contributed by atoms with Crippen molar-refractivity contribution in [2.24, 2.45) is 5.73 Å². The molecule has 0 aliphatic carbocycles. The number of benzene rings is 1. The quantitative estimate of drug-likeness (QED) is 0.771. The highest BCUT2D eigenvalue weighted by molar-refractivity contribution is 5.75. The number of hydrogen-bond donors (Lipinski definition) is 2. The second-order valence-corrected chi connectivity index (χ2v) is 4.63. The van der Waals surface area contributed by atoms with Gasteiger partial charge in [0, 0.05) is 25.0 Å². The first-order valence-corrected chi connectivity index (χ1v) is 6.39. The number of nitrogens with zero attached hydrogens (tertiary/aromatic N) is 2. The molecular weight excluding hydrogens is 252 g/mol. The second-order valence-electron chi connectivity index (χ2n) is 4.63. The first-order chi connectivity index (χ1) is 9.65. The lowest BCUT2D eigenvalue weighted by atomic mass is 10.1. The molecule has 1 aromatic carbocycles. The van der Waals surface area contributed by atoms with Crippen molar-refractivity contribution in [1.29, 1.82) is 0 Å². The van der Waals surface area contributed by atoms with Gasteiger partial charge in [0.15, 0.2) is 0 Å². The monoisotopic (exact) mass is 270 g/mol. The Balaban J connectivity index is 2.12. The fraction of sp³-hybridized carbons (Fsp3) is 0.200. The Morgan fingerprint density at radius 1 is 1.10 bits per heavy atom. The van der Waals surface area contributed by atoms with Crippen molar-refractivity contribution in [2.75, 3.05) is 12.3 Å². The van der Waals surface area contributed by atoms with Crippen molar-refractivity contribution in [2.45, 2.75) is 13.1 Å². The fourth-order valence-corrected chi connectivity index (χ4v) is 2.03. The molecule has 0 fully saturated rings. The van der Waals surface area contributed by atoms with Crippen LogP contribution >= 0.6 is 0 Å². The summed E-state index contributed by atoms with van der Waals surface area (Å²) in [5.74, 6) is -0.365. The van der Waals surface area contributed by atoms with E-state index in [9.17, 15) is 4.79 Å². The number of para-hydroxylation sites is 1. The Hall–Kier alpha value is -2.40. The Morgan fingerprint density at radius 2 is 1.85 bits per heavy atom. The molecule has 1 aromatic heterocycles. The van der Waals surface area contributed by atoms with E-state index in [1.165, 1.54) is 0 Å². The molecule has 0 radical (unpaired) electrons. The van der Waals surface area contributed by atoms with Crippen LogP contribution in [0.5, 0.6) is 0 Å². The third-order valence-electron chi connectivity index (χ3n) is 2.94. The van der Waals surface area contributed by atoms with Gasteiger partial charge in [0.25, 0.3) is 0 Å². The number of amides is 1. The number of nitrogen functional groups attached to an aromatic ring is 1. The number of aromatic nitrogens is 1. The summed E-state index contributed by atoms with van der Waals surface area (Å²) < 4.78 is 0. The topological polar surface area (TPSA) is 85.2 Å². The molecule has 0 bridgehead atoms. The van der Waals surface area contributed by atoms with Crippen LogP contribution in [0, 0.1) is 0 Å². The molecule has 0 aliphatic rings. The van der Waals surface area contributed by atoms with Crippen LogP contribution in [0.3, 0.4) is 0 Å². The van der Waals surface area contributed by atoms with Crippen LogP contribution in [-0.2, 0) is 17.9 Å². The highest BCUT2D eigenvalue weighted by Gasteiger charge is 2.12. The average molecular weight is 270 g/mol. The highest BCUT2D eigenvalue weighted by Crippen LogP contribution is 2.14. The summed E-state index contributed by atoms with van der Waals surface area (Å²) in [7, 11) is 0. The molecule has 20 heavy (non-hydrogen) atoms. The number of carbonyl (C=O) groups excluding carboxylic acids is 1. The van der Waals surface area contributed by atoms with Crippen LogP contribution < -0.4 is 11.5 Å². The maximum absolute atomic E-state index is 11.2. The van der Waals surface area contributed by atoms with E-state index in [1.807, 2.05) is 47.4 Å². The summed E-state index contributed by atoms with van der Waals surface area (Å²) in [4.78, 5) is 17.4. The van der Waals surface area contributed by atoms with Gasteiger partial charge in [-0.25, -0.2) is 0 Å². The predicted octanol–water partition coefficient (Wildman–Crippen LogP) is 1.15. The Labute approximate surface area is 118 Å². The minimum Gasteiger partial charge on any atom is -0.398 e. The summed E-state index contributed by atoms with van der Waals surface area (Å²) in [5, 5.41) is 0. The van der Waals surface area contributed by atoms with E-state index in [0.717, 1.165) is 11.3 Å². The molecule has 1 heterocycles. The van der Waals surface area contributed by atoms with Crippen molar-refractivity contribution < 1.29 is 4.79 Å². The van der Waals surface area contributed by atoms with Crippen molar-refractivity contribution >= 4 is 11.6 Å². The SMILES string of the molecule is NC(=O)CN(Cc1ccccn1)Cc1ccccc1N. The zero-order valence-corrected chi connectivity index (χ0v) is 11.2. The Kier molecular flexibility index (Phi) is 4.68. The van der Waals surface area contributed by atoms with E-state index in [0.29, 0.717) is 18.8 Å². The van der Waals surface area contributed by atoms with Gasteiger partial charge in [0.1, 0.15) is 0 Å². The van der Waals surface area contributed by atoms with E-state index in [-0.39, 0.29) is 12.5 Å². The van der Waals surface area contributed by atoms with Crippen molar-refractivity contribution in [3.8, 4) is 0 Å². The summed E-state index contributed by atoms with van der Waals surface area (Å²) in [6, 6.07) is 13.3. The molecule has 0 atom stereocenters. The van der Waals surface area contributed by atoms with Gasteiger partial charge in [0.05, 0.1) is 12.2 Å². The normalized spacial score (nSPS) is 10.7. The van der Waals surface area contributed by atoms with Gasteiger partial charge in [-0.15, -0.1) is 0 Å². The van der Waals surface area contributed by atoms with E-state index in [2.05, 4.69) is 4.98 Å². The number of anilines is 1. The molecule has 2 aromatic rings. The lowest BCUT2D eigenvalue weighted by Crippen LogP contribution is -2.33. The van der Waals surface area contributed by atoms with Gasteiger partial charge >= 0.3 is 0 Å².